The first-order valence-corrected chi connectivity index (χ1v) is 6.80. The number of piperazine rings is 1. The van der Waals surface area contributed by atoms with Crippen LogP contribution in [-0.4, -0.2) is 67.3 Å². The van der Waals surface area contributed by atoms with E-state index >= 15 is 0 Å². The number of methoxy groups -OCH3 is 1. The summed E-state index contributed by atoms with van der Waals surface area (Å²) in [6, 6.07) is 0.237. The van der Waals surface area contributed by atoms with Gasteiger partial charge >= 0.3 is 0 Å². The molecule has 0 amide bonds. The summed E-state index contributed by atoms with van der Waals surface area (Å²) in [6.07, 6.45) is 2.37. The molecule has 1 unspecified atom stereocenters. The number of rotatable bonds is 7. The first kappa shape index (κ1) is 14.8. The fourth-order valence-corrected chi connectivity index (χ4v) is 2.29. The van der Waals surface area contributed by atoms with Gasteiger partial charge in [0.15, 0.2) is 0 Å². The number of hydrogen-bond acceptors (Lipinski definition) is 4. The molecule has 0 aromatic carbocycles. The van der Waals surface area contributed by atoms with Crippen molar-refractivity contribution in [1.82, 2.24) is 9.80 Å². The third-order valence-electron chi connectivity index (χ3n) is 3.44. The molecule has 4 nitrogen and oxygen atoms in total. The molecule has 0 saturated carbocycles. The van der Waals surface area contributed by atoms with Crippen LogP contribution in [0.15, 0.2) is 0 Å². The van der Waals surface area contributed by atoms with E-state index in [4.69, 9.17) is 22.7 Å². The van der Waals surface area contributed by atoms with Gasteiger partial charge in [-0.05, 0) is 26.3 Å². The van der Waals surface area contributed by atoms with Gasteiger partial charge in [0.05, 0.1) is 11.0 Å². The molecule has 5 heteroatoms. The third kappa shape index (κ3) is 5.29. The molecule has 0 spiro atoms. The van der Waals surface area contributed by atoms with E-state index in [1.807, 2.05) is 0 Å². The molecule has 1 aliphatic rings. The highest BCUT2D eigenvalue weighted by atomic mass is 32.1. The predicted molar refractivity (Wildman–Crippen MR) is 75.4 cm³/mol. The van der Waals surface area contributed by atoms with Crippen LogP contribution in [0.25, 0.3) is 0 Å². The van der Waals surface area contributed by atoms with Crippen LogP contribution in [0.2, 0.25) is 0 Å². The lowest BCUT2D eigenvalue weighted by Gasteiger charge is -2.37. The van der Waals surface area contributed by atoms with Crippen molar-refractivity contribution in [3.63, 3.8) is 0 Å². The lowest BCUT2D eigenvalue weighted by molar-refractivity contribution is 0.117. The van der Waals surface area contributed by atoms with Crippen molar-refractivity contribution in [1.29, 1.82) is 0 Å². The summed E-state index contributed by atoms with van der Waals surface area (Å²) in [7, 11) is 1.76. The Morgan fingerprint density at radius 2 is 1.94 bits per heavy atom. The van der Waals surface area contributed by atoms with Crippen LogP contribution in [0, 0.1) is 0 Å². The Morgan fingerprint density at radius 1 is 1.29 bits per heavy atom. The van der Waals surface area contributed by atoms with Gasteiger partial charge in [0.1, 0.15) is 0 Å². The summed E-state index contributed by atoms with van der Waals surface area (Å²) in [5, 5.41) is 0. The molecule has 0 aliphatic carbocycles. The smallest absolute Gasteiger partial charge is 0.0899 e. The van der Waals surface area contributed by atoms with Gasteiger partial charge in [-0.15, -0.1) is 0 Å². The molecule has 0 bridgehead atoms. The second-order valence-corrected chi connectivity index (χ2v) is 5.13. The monoisotopic (exact) mass is 259 g/mol. The molecule has 1 rings (SSSR count). The maximum atomic E-state index is 5.68. The van der Waals surface area contributed by atoms with E-state index in [0.717, 1.165) is 39.2 Å². The molecular formula is C12H25N3OS. The van der Waals surface area contributed by atoms with E-state index < -0.39 is 0 Å². The van der Waals surface area contributed by atoms with E-state index in [1.165, 1.54) is 13.0 Å². The number of nitrogens with two attached hydrogens (primary N) is 1. The van der Waals surface area contributed by atoms with E-state index in [-0.39, 0.29) is 6.04 Å². The molecule has 17 heavy (non-hydrogen) atoms. The van der Waals surface area contributed by atoms with Crippen LogP contribution in [0.5, 0.6) is 0 Å². The fourth-order valence-electron chi connectivity index (χ4n) is 2.14. The molecule has 1 fully saturated rings. The zero-order chi connectivity index (χ0) is 12.7. The summed E-state index contributed by atoms with van der Waals surface area (Å²) >= 11 is 5.04. The Hall–Kier alpha value is -0.230. The second kappa shape index (κ2) is 7.97. The largest absolute Gasteiger partial charge is 0.392 e. The SMILES string of the molecule is COCCCCN1CCN(C(C)C(N)=S)CC1. The number of thiocarbonyl (C=S) groups is 1. The van der Waals surface area contributed by atoms with Gasteiger partial charge in [-0.2, -0.15) is 0 Å². The van der Waals surface area contributed by atoms with Crippen molar-refractivity contribution in [2.24, 2.45) is 5.73 Å². The molecule has 1 heterocycles. The van der Waals surface area contributed by atoms with E-state index in [9.17, 15) is 0 Å². The highest BCUT2D eigenvalue weighted by Crippen LogP contribution is 2.07. The highest BCUT2D eigenvalue weighted by molar-refractivity contribution is 7.80. The number of unbranched alkanes of at least 4 members (excludes halogenated alkanes) is 1. The Labute approximate surface area is 110 Å². The number of hydrogen-bond donors (Lipinski definition) is 1. The normalized spacial score (nSPS) is 20.4. The summed E-state index contributed by atoms with van der Waals surface area (Å²) < 4.78 is 5.05. The minimum absolute atomic E-state index is 0.237. The Bertz CT molecular complexity index is 230. The highest BCUT2D eigenvalue weighted by Gasteiger charge is 2.21. The van der Waals surface area contributed by atoms with Gasteiger partial charge in [-0.1, -0.05) is 12.2 Å². The van der Waals surface area contributed by atoms with Crippen molar-refractivity contribution in [2.45, 2.75) is 25.8 Å². The molecule has 1 atom stereocenters. The molecule has 1 saturated heterocycles. The quantitative estimate of drug-likeness (QED) is 0.538. The summed E-state index contributed by atoms with van der Waals surface area (Å²) in [5.41, 5.74) is 5.68. The first-order valence-electron chi connectivity index (χ1n) is 6.40. The lowest BCUT2D eigenvalue weighted by Crippen LogP contribution is -2.52. The van der Waals surface area contributed by atoms with Crippen LogP contribution < -0.4 is 5.73 Å². The Morgan fingerprint density at radius 3 is 2.47 bits per heavy atom. The topological polar surface area (TPSA) is 41.7 Å². The second-order valence-electron chi connectivity index (χ2n) is 4.66. The third-order valence-corrected chi connectivity index (χ3v) is 3.78. The van der Waals surface area contributed by atoms with Gasteiger partial charge in [-0.3, -0.25) is 4.90 Å². The summed E-state index contributed by atoms with van der Waals surface area (Å²) in [6.45, 7) is 8.54. The van der Waals surface area contributed by atoms with Crippen molar-refractivity contribution in [3.05, 3.63) is 0 Å². The summed E-state index contributed by atoms with van der Waals surface area (Å²) in [4.78, 5) is 5.49. The van der Waals surface area contributed by atoms with Gasteiger partial charge in [-0.25, -0.2) is 0 Å². The van der Waals surface area contributed by atoms with E-state index in [2.05, 4.69) is 16.7 Å². The van der Waals surface area contributed by atoms with Crippen molar-refractivity contribution in [3.8, 4) is 0 Å². The lowest BCUT2D eigenvalue weighted by atomic mass is 10.2. The molecule has 0 aromatic rings. The van der Waals surface area contributed by atoms with Crippen LogP contribution in [0.4, 0.5) is 0 Å². The van der Waals surface area contributed by atoms with E-state index in [0.29, 0.717) is 4.99 Å². The zero-order valence-electron chi connectivity index (χ0n) is 11.0. The maximum Gasteiger partial charge on any atom is 0.0899 e. The van der Waals surface area contributed by atoms with Gasteiger partial charge in [0.2, 0.25) is 0 Å². The van der Waals surface area contributed by atoms with Gasteiger partial charge in [0.25, 0.3) is 0 Å². The Kier molecular flexibility index (Phi) is 6.96. The minimum Gasteiger partial charge on any atom is -0.392 e. The molecule has 0 radical (unpaired) electrons. The summed E-state index contributed by atoms with van der Waals surface area (Å²) in [5.74, 6) is 0. The van der Waals surface area contributed by atoms with Crippen LogP contribution in [0.1, 0.15) is 19.8 Å². The molecule has 2 N–H and O–H groups in total. The number of ether oxygens (including phenoxy) is 1. The standard InChI is InChI=1S/C12H25N3OS/c1-11(12(13)17)15-8-6-14(7-9-15)5-3-4-10-16-2/h11H,3-10H2,1-2H3,(H2,13,17). The van der Waals surface area contributed by atoms with Crippen LogP contribution in [0.3, 0.4) is 0 Å². The zero-order valence-corrected chi connectivity index (χ0v) is 11.8. The van der Waals surface area contributed by atoms with Crippen molar-refractivity contribution < 1.29 is 4.74 Å². The van der Waals surface area contributed by atoms with Crippen molar-refractivity contribution >= 4 is 17.2 Å². The van der Waals surface area contributed by atoms with Crippen LogP contribution >= 0.6 is 12.2 Å². The van der Waals surface area contributed by atoms with Gasteiger partial charge in [0, 0.05) is 39.9 Å². The maximum absolute atomic E-state index is 5.68. The molecule has 100 valence electrons. The average Bonchev–Trinajstić information content (AvgIpc) is 2.34. The van der Waals surface area contributed by atoms with Crippen LogP contribution in [-0.2, 0) is 4.74 Å². The van der Waals surface area contributed by atoms with E-state index in [1.54, 1.807) is 7.11 Å². The molecule has 0 aromatic heterocycles. The van der Waals surface area contributed by atoms with Crippen molar-refractivity contribution in [2.75, 3.05) is 46.4 Å². The minimum atomic E-state index is 0.237. The molecule has 1 aliphatic heterocycles. The van der Waals surface area contributed by atoms with Gasteiger partial charge < -0.3 is 15.4 Å². The predicted octanol–water partition coefficient (Wildman–Crippen LogP) is 0.705. The fraction of sp³-hybridized carbons (Fsp3) is 0.917. The first-order chi connectivity index (χ1) is 8.15. The molecular weight excluding hydrogens is 234 g/mol. The Balaban J connectivity index is 2.15. The average molecular weight is 259 g/mol. The number of nitrogens with zero attached hydrogens (tertiary/aromatic N) is 2.